The molecular formula is C26H27F3N5O5+. The second kappa shape index (κ2) is 11.5. The van der Waals surface area contributed by atoms with Crippen molar-refractivity contribution in [2.75, 3.05) is 16.0 Å². The number of urea groups is 1. The minimum atomic E-state index is -4.72. The predicted molar refractivity (Wildman–Crippen MR) is 133 cm³/mol. The van der Waals surface area contributed by atoms with Gasteiger partial charge in [-0.3, -0.25) is 19.4 Å². The van der Waals surface area contributed by atoms with Crippen LogP contribution in [-0.2, 0) is 22.2 Å². The molecule has 1 heterocycles. The third kappa shape index (κ3) is 7.33. The number of rotatable bonds is 7. The molecule has 4 N–H and O–H groups in total. The molecule has 0 unspecified atom stereocenters. The van der Waals surface area contributed by atoms with Crippen LogP contribution in [0.25, 0.3) is 0 Å². The smallest absolute Gasteiger partial charge is 0.416 e. The Bertz CT molecular complexity index is 1370. The van der Waals surface area contributed by atoms with E-state index in [1.807, 2.05) is 19.1 Å². The van der Waals surface area contributed by atoms with Crippen LogP contribution in [0.4, 0.5) is 35.2 Å². The van der Waals surface area contributed by atoms with E-state index < -0.39 is 35.6 Å². The van der Waals surface area contributed by atoms with Crippen LogP contribution in [0.5, 0.6) is 0 Å². The third-order valence-electron chi connectivity index (χ3n) is 6.55. The zero-order valence-electron chi connectivity index (χ0n) is 20.9. The van der Waals surface area contributed by atoms with Crippen molar-refractivity contribution >= 4 is 35.2 Å². The summed E-state index contributed by atoms with van der Waals surface area (Å²) >= 11 is 0. The Morgan fingerprint density at radius 1 is 1.03 bits per heavy atom. The van der Waals surface area contributed by atoms with Crippen LogP contribution in [0.3, 0.4) is 0 Å². The van der Waals surface area contributed by atoms with E-state index in [4.69, 9.17) is 9.63 Å². The molecule has 0 bridgehead atoms. The Kier molecular flexibility index (Phi) is 8.17. The van der Waals surface area contributed by atoms with Crippen LogP contribution in [0, 0.1) is 12.8 Å². The Morgan fingerprint density at radius 3 is 2.33 bits per heavy atom. The maximum atomic E-state index is 13.5. The molecule has 3 amide bonds. The van der Waals surface area contributed by atoms with Crippen molar-refractivity contribution in [2.24, 2.45) is 5.92 Å². The number of nitrogens with one attached hydrogen (secondary N) is 3. The van der Waals surface area contributed by atoms with E-state index in [0.29, 0.717) is 25.7 Å². The van der Waals surface area contributed by atoms with Gasteiger partial charge in [-0.2, -0.15) is 13.2 Å². The van der Waals surface area contributed by atoms with Gasteiger partial charge < -0.3 is 15.7 Å². The summed E-state index contributed by atoms with van der Waals surface area (Å²) in [5.41, 5.74) is 0.221. The number of carboxylic acids is 1. The summed E-state index contributed by atoms with van der Waals surface area (Å²) in [5, 5.41) is 20.1. The van der Waals surface area contributed by atoms with E-state index >= 15 is 0 Å². The van der Waals surface area contributed by atoms with Crippen LogP contribution in [0.15, 0.2) is 53.2 Å². The molecule has 39 heavy (non-hydrogen) atoms. The lowest BCUT2D eigenvalue weighted by Gasteiger charge is -2.19. The topological polar surface area (TPSA) is 137 Å². The molecule has 4 rings (SSSR count). The third-order valence-corrected chi connectivity index (χ3v) is 6.55. The molecule has 1 aliphatic carbocycles. The van der Waals surface area contributed by atoms with E-state index in [0.717, 1.165) is 23.3 Å². The van der Waals surface area contributed by atoms with Crippen molar-refractivity contribution in [3.05, 3.63) is 65.4 Å². The van der Waals surface area contributed by atoms with Crippen molar-refractivity contribution in [3.8, 4) is 0 Å². The second-order valence-electron chi connectivity index (χ2n) is 9.42. The highest BCUT2D eigenvalue weighted by molar-refractivity contribution is 6.00. The van der Waals surface area contributed by atoms with Gasteiger partial charge in [0.1, 0.15) is 0 Å². The van der Waals surface area contributed by atoms with Gasteiger partial charge in [-0.15, -0.1) is 0 Å². The van der Waals surface area contributed by atoms with E-state index in [2.05, 4.69) is 21.2 Å². The molecule has 1 aromatic heterocycles. The summed E-state index contributed by atoms with van der Waals surface area (Å²) in [5.74, 6) is -1.79. The maximum Gasteiger partial charge on any atom is 0.416 e. The number of hydrogen-bond donors (Lipinski definition) is 4. The number of alkyl halides is 3. The van der Waals surface area contributed by atoms with Gasteiger partial charge >= 0.3 is 24.1 Å². The first-order valence-electron chi connectivity index (χ1n) is 12.2. The van der Waals surface area contributed by atoms with Gasteiger partial charge in [-0.1, -0.05) is 24.3 Å². The largest absolute Gasteiger partial charge is 0.481 e. The summed E-state index contributed by atoms with van der Waals surface area (Å²) in [6.45, 7) is 1.83. The van der Waals surface area contributed by atoms with Crippen LogP contribution in [0.2, 0.25) is 0 Å². The number of aryl methyl sites for hydroxylation is 1. The number of carbonyl (C=O) groups is 3. The first kappa shape index (κ1) is 27.6. The number of carbonyl (C=O) groups excluding carboxylic acids is 2. The highest BCUT2D eigenvalue weighted by atomic mass is 19.4. The van der Waals surface area contributed by atoms with E-state index in [1.54, 1.807) is 12.1 Å². The molecular weight excluding hydrogens is 519 g/mol. The predicted octanol–water partition coefficient (Wildman–Crippen LogP) is 4.93. The summed E-state index contributed by atoms with van der Waals surface area (Å²) in [7, 11) is 0. The number of carboxylic acid groups (broad SMARTS) is 1. The van der Waals surface area contributed by atoms with Gasteiger partial charge in [0.15, 0.2) is 6.04 Å². The van der Waals surface area contributed by atoms with E-state index in [-0.39, 0.29) is 29.7 Å². The summed E-state index contributed by atoms with van der Waals surface area (Å²) in [6, 6.07) is 8.93. The fourth-order valence-electron chi connectivity index (χ4n) is 4.47. The number of hydrogen-bond acceptors (Lipinski definition) is 5. The lowest BCUT2D eigenvalue weighted by molar-refractivity contribution is -0.787. The molecule has 0 atom stereocenters. The molecule has 0 aliphatic heterocycles. The van der Waals surface area contributed by atoms with Gasteiger partial charge in [-0.05, 0) is 53.8 Å². The highest BCUT2D eigenvalue weighted by Crippen LogP contribution is 2.34. The molecule has 1 fully saturated rings. The number of amides is 3. The minimum Gasteiger partial charge on any atom is -0.481 e. The molecule has 2 aromatic carbocycles. The van der Waals surface area contributed by atoms with Crippen LogP contribution < -0.4 is 20.6 Å². The summed E-state index contributed by atoms with van der Waals surface area (Å²) in [4.78, 5) is 36.1. The van der Waals surface area contributed by atoms with Crippen molar-refractivity contribution in [2.45, 2.75) is 51.2 Å². The molecule has 10 nitrogen and oxygen atoms in total. The molecule has 1 saturated carbocycles. The first-order valence-corrected chi connectivity index (χ1v) is 12.2. The number of aromatic nitrogens is 2. The van der Waals surface area contributed by atoms with Crippen molar-refractivity contribution in [3.63, 3.8) is 0 Å². The molecule has 1 aliphatic rings. The summed E-state index contributed by atoms with van der Waals surface area (Å²) in [6.07, 6.45) is -1.21. The van der Waals surface area contributed by atoms with Crippen LogP contribution in [0.1, 0.15) is 48.4 Å². The number of halogens is 3. The number of aliphatic carboxylic acids is 1. The molecule has 0 saturated heterocycles. The number of nitrogens with zero attached hydrogens (tertiary/aromatic N) is 2. The lowest BCUT2D eigenvalue weighted by Crippen LogP contribution is -2.43. The van der Waals surface area contributed by atoms with Crippen LogP contribution >= 0.6 is 0 Å². The Morgan fingerprint density at radius 2 is 1.69 bits per heavy atom. The standard InChI is InChI=1S/C26H26F3N5O5/c1-15-4-2-3-5-17(15)10-22(35)30-19-11-18(26(27,28)29)12-20(13-19)31-25(38)32-23-14-34(33-39-23)21-8-6-16(7-9-21)24(36)37/h2-5,11-14,16,21H,6-10H2,1H3,(H3-,30,31,32,33,35,36,37,38)/p+1. The minimum absolute atomic E-state index is 0.0321. The van der Waals surface area contributed by atoms with E-state index in [9.17, 15) is 27.6 Å². The molecule has 13 heteroatoms. The molecule has 206 valence electrons. The van der Waals surface area contributed by atoms with Gasteiger partial charge in [0.05, 0.1) is 17.9 Å². The van der Waals surface area contributed by atoms with Crippen molar-refractivity contribution < 1.29 is 41.9 Å². The summed E-state index contributed by atoms with van der Waals surface area (Å²) < 4.78 is 47.1. The Balaban J connectivity index is 1.41. The van der Waals surface area contributed by atoms with Crippen LogP contribution in [-0.4, -0.2) is 28.3 Å². The zero-order valence-corrected chi connectivity index (χ0v) is 20.9. The van der Waals surface area contributed by atoms with E-state index in [1.165, 1.54) is 16.9 Å². The Labute approximate surface area is 221 Å². The number of anilines is 3. The van der Waals surface area contributed by atoms with Crippen molar-refractivity contribution in [1.29, 1.82) is 0 Å². The molecule has 3 aromatic rings. The fourth-order valence-corrected chi connectivity index (χ4v) is 4.47. The Hall–Kier alpha value is -4.42. The van der Waals surface area contributed by atoms with Gasteiger partial charge in [0.2, 0.25) is 11.2 Å². The highest BCUT2D eigenvalue weighted by Gasteiger charge is 2.34. The molecule has 0 spiro atoms. The quantitative estimate of drug-likeness (QED) is 0.310. The SMILES string of the molecule is Cc1ccccc1CC(=O)Nc1cc(NC(=O)Nc2c[n+](C3CCC(C(=O)O)CC3)no2)cc(C(F)(F)F)c1. The van der Waals surface area contributed by atoms with Gasteiger partial charge in [-0.25, -0.2) is 4.79 Å². The normalized spacial score (nSPS) is 17.3. The lowest BCUT2D eigenvalue weighted by atomic mass is 9.86. The number of benzene rings is 2. The van der Waals surface area contributed by atoms with Gasteiger partial charge in [0, 0.05) is 24.2 Å². The monoisotopic (exact) mass is 546 g/mol. The fraction of sp³-hybridized carbons (Fsp3) is 0.346. The first-order chi connectivity index (χ1) is 18.5. The average molecular weight is 547 g/mol. The maximum absolute atomic E-state index is 13.5. The van der Waals surface area contributed by atoms with Crippen molar-refractivity contribution in [1.82, 2.24) is 5.27 Å². The second-order valence-corrected chi connectivity index (χ2v) is 9.42. The zero-order chi connectivity index (χ0) is 28.2. The average Bonchev–Trinajstić information content (AvgIpc) is 3.33. The van der Waals surface area contributed by atoms with Gasteiger partial charge in [0.25, 0.3) is 6.20 Å². The molecule has 0 radical (unpaired) electrons.